The highest BCUT2D eigenvalue weighted by atomic mass is 32.2. The van der Waals surface area contributed by atoms with E-state index in [4.69, 9.17) is 5.26 Å². The highest BCUT2D eigenvalue weighted by Crippen LogP contribution is 2.46. The van der Waals surface area contributed by atoms with E-state index in [9.17, 15) is 0 Å². The predicted molar refractivity (Wildman–Crippen MR) is 54.1 cm³/mol. The summed E-state index contributed by atoms with van der Waals surface area (Å²) >= 11 is 1.86. The third-order valence-corrected chi connectivity index (χ3v) is 4.21. The van der Waals surface area contributed by atoms with Gasteiger partial charge in [-0.3, -0.25) is 0 Å². The SMILES string of the molecule is CC(C)SC1(C#N)CCCC1C. The molecule has 68 valence electrons. The fourth-order valence-electron chi connectivity index (χ4n) is 1.94. The third-order valence-electron chi connectivity index (χ3n) is 2.62. The number of nitriles is 1. The van der Waals surface area contributed by atoms with Crippen LogP contribution in [0.5, 0.6) is 0 Å². The molecule has 2 unspecified atom stereocenters. The van der Waals surface area contributed by atoms with E-state index < -0.39 is 0 Å². The Morgan fingerprint density at radius 3 is 2.58 bits per heavy atom. The first-order chi connectivity index (χ1) is 5.60. The first kappa shape index (κ1) is 9.92. The minimum atomic E-state index is -0.0613. The molecule has 0 saturated heterocycles. The molecule has 0 aromatic rings. The second-order valence-electron chi connectivity index (χ2n) is 3.96. The van der Waals surface area contributed by atoms with Crippen LogP contribution in [0.25, 0.3) is 0 Å². The molecule has 1 aliphatic rings. The maximum Gasteiger partial charge on any atom is 0.105 e. The first-order valence-electron chi connectivity index (χ1n) is 4.70. The van der Waals surface area contributed by atoms with E-state index in [2.05, 4.69) is 26.8 Å². The van der Waals surface area contributed by atoms with Crippen LogP contribution in [-0.4, -0.2) is 10.00 Å². The van der Waals surface area contributed by atoms with E-state index in [0.29, 0.717) is 11.2 Å². The molecule has 0 aliphatic heterocycles. The summed E-state index contributed by atoms with van der Waals surface area (Å²) in [5, 5.41) is 9.74. The Morgan fingerprint density at radius 1 is 1.58 bits per heavy atom. The van der Waals surface area contributed by atoms with Crippen molar-refractivity contribution in [2.24, 2.45) is 5.92 Å². The number of hydrogen-bond donors (Lipinski definition) is 0. The average Bonchev–Trinajstić information content (AvgIpc) is 2.32. The highest BCUT2D eigenvalue weighted by molar-refractivity contribution is 8.01. The third kappa shape index (κ3) is 1.77. The van der Waals surface area contributed by atoms with Gasteiger partial charge in [0.1, 0.15) is 4.75 Å². The van der Waals surface area contributed by atoms with E-state index in [-0.39, 0.29) is 4.75 Å². The fourth-order valence-corrected chi connectivity index (χ4v) is 3.44. The lowest BCUT2D eigenvalue weighted by molar-refractivity contribution is 0.552. The summed E-state index contributed by atoms with van der Waals surface area (Å²) in [7, 11) is 0. The van der Waals surface area contributed by atoms with E-state index >= 15 is 0 Å². The normalized spacial score (nSPS) is 35.4. The van der Waals surface area contributed by atoms with E-state index in [0.717, 1.165) is 6.42 Å². The zero-order valence-corrected chi connectivity index (χ0v) is 8.95. The van der Waals surface area contributed by atoms with Gasteiger partial charge in [0.05, 0.1) is 6.07 Å². The van der Waals surface area contributed by atoms with Crippen LogP contribution in [0.3, 0.4) is 0 Å². The van der Waals surface area contributed by atoms with Crippen molar-refractivity contribution in [3.63, 3.8) is 0 Å². The Hall–Kier alpha value is -0.160. The van der Waals surface area contributed by atoms with Gasteiger partial charge in [-0.05, 0) is 18.8 Å². The maximum atomic E-state index is 9.17. The summed E-state index contributed by atoms with van der Waals surface area (Å²) in [6.45, 7) is 6.56. The Labute approximate surface area is 79.5 Å². The second-order valence-corrected chi connectivity index (χ2v) is 5.87. The molecular weight excluding hydrogens is 166 g/mol. The minimum Gasteiger partial charge on any atom is -0.197 e. The Bertz CT molecular complexity index is 195. The van der Waals surface area contributed by atoms with Crippen molar-refractivity contribution in [2.75, 3.05) is 0 Å². The molecule has 1 fully saturated rings. The van der Waals surface area contributed by atoms with Crippen LogP contribution < -0.4 is 0 Å². The summed E-state index contributed by atoms with van der Waals surface area (Å²) in [5.74, 6) is 0.579. The molecule has 1 nitrogen and oxygen atoms in total. The Balaban J connectivity index is 2.69. The lowest BCUT2D eigenvalue weighted by atomic mass is 9.99. The van der Waals surface area contributed by atoms with Crippen molar-refractivity contribution >= 4 is 11.8 Å². The topological polar surface area (TPSA) is 23.8 Å². The molecule has 0 radical (unpaired) electrons. The lowest BCUT2D eigenvalue weighted by Gasteiger charge is -2.27. The van der Waals surface area contributed by atoms with Crippen LogP contribution in [-0.2, 0) is 0 Å². The van der Waals surface area contributed by atoms with Crippen molar-refractivity contribution in [3.8, 4) is 6.07 Å². The molecular formula is C10H17NS. The van der Waals surface area contributed by atoms with Gasteiger partial charge in [-0.2, -0.15) is 5.26 Å². The fraction of sp³-hybridized carbons (Fsp3) is 0.900. The molecule has 2 atom stereocenters. The Kier molecular flexibility index (Phi) is 3.06. The molecule has 0 bridgehead atoms. The summed E-state index contributed by atoms with van der Waals surface area (Å²) in [6, 6.07) is 2.52. The van der Waals surface area contributed by atoms with Crippen molar-refractivity contribution < 1.29 is 0 Å². The molecule has 0 heterocycles. The summed E-state index contributed by atoms with van der Waals surface area (Å²) in [6.07, 6.45) is 3.55. The van der Waals surface area contributed by atoms with Crippen LogP contribution in [0.1, 0.15) is 40.0 Å². The molecule has 0 spiro atoms. The van der Waals surface area contributed by atoms with Crippen molar-refractivity contribution in [2.45, 2.75) is 50.0 Å². The van der Waals surface area contributed by atoms with Gasteiger partial charge in [-0.1, -0.05) is 27.2 Å². The van der Waals surface area contributed by atoms with Gasteiger partial charge in [-0.25, -0.2) is 0 Å². The maximum absolute atomic E-state index is 9.17. The largest absolute Gasteiger partial charge is 0.197 e. The highest BCUT2D eigenvalue weighted by Gasteiger charge is 2.41. The van der Waals surface area contributed by atoms with Gasteiger partial charge in [0.25, 0.3) is 0 Å². The van der Waals surface area contributed by atoms with Gasteiger partial charge < -0.3 is 0 Å². The zero-order valence-electron chi connectivity index (χ0n) is 8.13. The monoisotopic (exact) mass is 183 g/mol. The molecule has 1 rings (SSSR count). The Morgan fingerprint density at radius 2 is 2.25 bits per heavy atom. The van der Waals surface area contributed by atoms with E-state index in [1.807, 2.05) is 11.8 Å². The van der Waals surface area contributed by atoms with Crippen LogP contribution >= 0.6 is 11.8 Å². The minimum absolute atomic E-state index is 0.0613. The van der Waals surface area contributed by atoms with Crippen LogP contribution in [0.4, 0.5) is 0 Å². The van der Waals surface area contributed by atoms with Gasteiger partial charge >= 0.3 is 0 Å². The number of rotatable bonds is 2. The first-order valence-corrected chi connectivity index (χ1v) is 5.58. The molecule has 0 amide bonds. The van der Waals surface area contributed by atoms with Gasteiger partial charge in [0.2, 0.25) is 0 Å². The number of nitrogens with zero attached hydrogens (tertiary/aromatic N) is 1. The summed E-state index contributed by atoms with van der Waals surface area (Å²) in [4.78, 5) is 0. The number of thioether (sulfide) groups is 1. The van der Waals surface area contributed by atoms with Gasteiger partial charge in [0, 0.05) is 5.25 Å². The summed E-state index contributed by atoms with van der Waals surface area (Å²) in [5.41, 5.74) is 0. The van der Waals surface area contributed by atoms with E-state index in [1.54, 1.807) is 0 Å². The molecule has 2 heteroatoms. The molecule has 0 aromatic heterocycles. The smallest absolute Gasteiger partial charge is 0.105 e. The standard InChI is InChI=1S/C10H17NS/c1-8(2)12-10(7-11)6-4-5-9(10)3/h8-9H,4-6H2,1-3H3. The molecule has 1 saturated carbocycles. The zero-order chi connectivity index (χ0) is 9.19. The van der Waals surface area contributed by atoms with Crippen molar-refractivity contribution in [1.82, 2.24) is 0 Å². The second kappa shape index (κ2) is 3.70. The lowest BCUT2D eigenvalue weighted by Crippen LogP contribution is -2.27. The average molecular weight is 183 g/mol. The molecule has 0 N–H and O–H groups in total. The quantitative estimate of drug-likeness (QED) is 0.656. The molecule has 1 aliphatic carbocycles. The molecule has 12 heavy (non-hydrogen) atoms. The van der Waals surface area contributed by atoms with Crippen LogP contribution in [0, 0.1) is 17.2 Å². The van der Waals surface area contributed by atoms with Crippen molar-refractivity contribution in [3.05, 3.63) is 0 Å². The van der Waals surface area contributed by atoms with Crippen LogP contribution in [0.15, 0.2) is 0 Å². The molecule has 0 aromatic carbocycles. The van der Waals surface area contributed by atoms with Gasteiger partial charge in [-0.15, -0.1) is 11.8 Å². The predicted octanol–water partition coefficient (Wildman–Crippen LogP) is 3.21. The van der Waals surface area contributed by atoms with E-state index in [1.165, 1.54) is 12.8 Å². The number of hydrogen-bond acceptors (Lipinski definition) is 2. The van der Waals surface area contributed by atoms with Gasteiger partial charge in [0.15, 0.2) is 0 Å². The van der Waals surface area contributed by atoms with Crippen LogP contribution in [0.2, 0.25) is 0 Å². The summed E-state index contributed by atoms with van der Waals surface area (Å²) < 4.78 is -0.0613. The van der Waals surface area contributed by atoms with Crippen molar-refractivity contribution in [1.29, 1.82) is 5.26 Å².